The van der Waals surface area contributed by atoms with E-state index in [9.17, 15) is 0 Å². The van der Waals surface area contributed by atoms with Crippen LogP contribution in [-0.2, 0) is 0 Å². The van der Waals surface area contributed by atoms with Crippen molar-refractivity contribution in [2.75, 3.05) is 39.3 Å². The Bertz CT molecular complexity index is 331. The Morgan fingerprint density at radius 3 is 1.35 bits per heavy atom. The summed E-state index contributed by atoms with van der Waals surface area (Å²) >= 11 is 0. The Labute approximate surface area is 124 Å². The molecule has 1 saturated carbocycles. The van der Waals surface area contributed by atoms with Gasteiger partial charge >= 0.3 is 0 Å². The van der Waals surface area contributed by atoms with Gasteiger partial charge in [0.1, 0.15) is 0 Å². The van der Waals surface area contributed by atoms with Crippen LogP contribution in [0.2, 0.25) is 0 Å². The zero-order valence-electron chi connectivity index (χ0n) is 13.2. The van der Waals surface area contributed by atoms with Crippen LogP contribution in [0.5, 0.6) is 0 Å². The SMILES string of the molecule is CCCN1CC2C3C=CC(C2C1)C1CN(CCC)CC31. The lowest BCUT2D eigenvalue weighted by Gasteiger charge is -2.48. The van der Waals surface area contributed by atoms with Crippen molar-refractivity contribution in [2.45, 2.75) is 26.7 Å². The number of hydrogen-bond acceptors (Lipinski definition) is 2. The van der Waals surface area contributed by atoms with Crippen molar-refractivity contribution in [3.63, 3.8) is 0 Å². The zero-order chi connectivity index (χ0) is 13.7. The van der Waals surface area contributed by atoms with Gasteiger partial charge in [-0.15, -0.1) is 0 Å². The lowest BCUT2D eigenvalue weighted by molar-refractivity contribution is 0.0650. The van der Waals surface area contributed by atoms with Crippen LogP contribution in [0.25, 0.3) is 0 Å². The van der Waals surface area contributed by atoms with Crippen LogP contribution in [-0.4, -0.2) is 49.1 Å². The molecule has 20 heavy (non-hydrogen) atoms. The Balaban J connectivity index is 1.52. The smallest absolute Gasteiger partial charge is 0.00189 e. The van der Waals surface area contributed by atoms with E-state index in [2.05, 4.69) is 35.8 Å². The van der Waals surface area contributed by atoms with Gasteiger partial charge < -0.3 is 9.80 Å². The Hall–Kier alpha value is -0.340. The fourth-order valence-corrected chi connectivity index (χ4v) is 5.97. The average molecular weight is 274 g/mol. The molecule has 2 saturated heterocycles. The van der Waals surface area contributed by atoms with Gasteiger partial charge in [0.05, 0.1) is 0 Å². The summed E-state index contributed by atoms with van der Waals surface area (Å²) in [7, 11) is 0. The molecule has 0 radical (unpaired) electrons. The van der Waals surface area contributed by atoms with Gasteiger partial charge in [-0.1, -0.05) is 26.0 Å². The minimum absolute atomic E-state index is 0.902. The molecule has 2 heterocycles. The molecule has 2 nitrogen and oxygen atoms in total. The van der Waals surface area contributed by atoms with Gasteiger partial charge in [-0.3, -0.25) is 0 Å². The second kappa shape index (κ2) is 5.14. The normalized spacial score (nSPS) is 46.9. The number of rotatable bonds is 4. The number of nitrogens with zero attached hydrogens (tertiary/aromatic N) is 2. The van der Waals surface area contributed by atoms with Gasteiger partial charge in [0.15, 0.2) is 0 Å². The van der Waals surface area contributed by atoms with Crippen molar-refractivity contribution in [3.05, 3.63) is 12.2 Å². The number of likely N-dealkylation sites (tertiary alicyclic amines) is 2. The highest BCUT2D eigenvalue weighted by Crippen LogP contribution is 2.56. The maximum atomic E-state index is 2.76. The average Bonchev–Trinajstić information content (AvgIpc) is 3.03. The molecule has 0 aromatic rings. The van der Waals surface area contributed by atoms with Crippen molar-refractivity contribution in [3.8, 4) is 0 Å². The molecular weight excluding hydrogens is 244 g/mol. The zero-order valence-corrected chi connectivity index (χ0v) is 13.2. The van der Waals surface area contributed by atoms with Gasteiger partial charge in [0.2, 0.25) is 0 Å². The largest absolute Gasteiger partial charge is 0.303 e. The Morgan fingerprint density at radius 2 is 1.05 bits per heavy atom. The molecule has 0 N–H and O–H groups in total. The third-order valence-corrected chi connectivity index (χ3v) is 6.59. The molecule has 2 heteroatoms. The predicted octanol–water partition coefficient (Wildman–Crippen LogP) is 2.72. The lowest BCUT2D eigenvalue weighted by atomic mass is 9.55. The third-order valence-electron chi connectivity index (χ3n) is 6.59. The maximum absolute atomic E-state index is 2.76. The van der Waals surface area contributed by atoms with Crippen LogP contribution in [0.4, 0.5) is 0 Å². The topological polar surface area (TPSA) is 6.48 Å². The van der Waals surface area contributed by atoms with Gasteiger partial charge in [-0.2, -0.15) is 0 Å². The van der Waals surface area contributed by atoms with Crippen molar-refractivity contribution >= 4 is 0 Å². The first kappa shape index (κ1) is 13.3. The number of hydrogen-bond donors (Lipinski definition) is 0. The molecular formula is C18H30N2. The highest BCUT2D eigenvalue weighted by atomic mass is 15.2. The van der Waals surface area contributed by atoms with Gasteiger partial charge in [0, 0.05) is 26.2 Å². The molecule has 4 unspecified atom stereocenters. The van der Waals surface area contributed by atoms with Gasteiger partial charge in [0.25, 0.3) is 0 Å². The molecule has 5 rings (SSSR count). The van der Waals surface area contributed by atoms with Crippen LogP contribution in [0, 0.1) is 35.5 Å². The molecule has 0 aromatic heterocycles. The van der Waals surface area contributed by atoms with E-state index in [1.165, 1.54) is 52.1 Å². The molecule has 3 fully saturated rings. The van der Waals surface area contributed by atoms with E-state index in [0.717, 1.165) is 35.5 Å². The summed E-state index contributed by atoms with van der Waals surface area (Å²) < 4.78 is 0. The molecule has 112 valence electrons. The summed E-state index contributed by atoms with van der Waals surface area (Å²) in [5.74, 6) is 5.75. The summed E-state index contributed by atoms with van der Waals surface area (Å²) in [4.78, 5) is 5.51. The van der Waals surface area contributed by atoms with Crippen molar-refractivity contribution in [1.82, 2.24) is 9.80 Å². The van der Waals surface area contributed by atoms with Crippen LogP contribution in [0.3, 0.4) is 0 Å². The summed E-state index contributed by atoms with van der Waals surface area (Å²) in [5, 5.41) is 0. The second-order valence-corrected chi connectivity index (χ2v) is 7.71. The fraction of sp³-hybridized carbons (Fsp3) is 0.889. The lowest BCUT2D eigenvalue weighted by Crippen LogP contribution is -2.47. The van der Waals surface area contributed by atoms with E-state index in [4.69, 9.17) is 0 Å². The highest BCUT2D eigenvalue weighted by molar-refractivity contribution is 5.19. The maximum Gasteiger partial charge on any atom is 0.00189 e. The quantitative estimate of drug-likeness (QED) is 0.727. The van der Waals surface area contributed by atoms with E-state index in [1.807, 2.05) is 0 Å². The van der Waals surface area contributed by atoms with E-state index in [0.29, 0.717) is 0 Å². The predicted molar refractivity (Wildman–Crippen MR) is 83.5 cm³/mol. The molecule has 0 spiro atoms. The summed E-state index contributed by atoms with van der Waals surface area (Å²) in [6.07, 6.45) is 7.88. The van der Waals surface area contributed by atoms with Crippen LogP contribution in [0.1, 0.15) is 26.7 Å². The van der Waals surface area contributed by atoms with E-state index < -0.39 is 0 Å². The first-order valence-corrected chi connectivity index (χ1v) is 8.94. The summed E-state index contributed by atoms with van der Waals surface area (Å²) in [5.41, 5.74) is 0. The van der Waals surface area contributed by atoms with Crippen molar-refractivity contribution < 1.29 is 0 Å². The highest BCUT2D eigenvalue weighted by Gasteiger charge is 2.56. The van der Waals surface area contributed by atoms with Crippen molar-refractivity contribution in [1.29, 1.82) is 0 Å². The minimum atomic E-state index is 0.902. The molecule has 4 atom stereocenters. The Morgan fingerprint density at radius 1 is 0.700 bits per heavy atom. The summed E-state index contributed by atoms with van der Waals surface area (Å²) in [6, 6.07) is 0. The molecule has 5 aliphatic rings. The molecule has 2 aliphatic heterocycles. The molecule has 2 bridgehead atoms. The minimum Gasteiger partial charge on any atom is -0.303 e. The van der Waals surface area contributed by atoms with Crippen LogP contribution < -0.4 is 0 Å². The Kier molecular flexibility index (Phi) is 3.42. The fourth-order valence-electron chi connectivity index (χ4n) is 5.97. The van der Waals surface area contributed by atoms with E-state index in [1.54, 1.807) is 0 Å². The first-order chi connectivity index (χ1) is 9.81. The van der Waals surface area contributed by atoms with E-state index >= 15 is 0 Å². The van der Waals surface area contributed by atoms with Gasteiger partial charge in [-0.25, -0.2) is 0 Å². The van der Waals surface area contributed by atoms with Crippen LogP contribution in [0.15, 0.2) is 12.2 Å². The van der Waals surface area contributed by atoms with Gasteiger partial charge in [-0.05, 0) is 61.4 Å². The molecule has 3 aliphatic carbocycles. The molecule has 0 amide bonds. The van der Waals surface area contributed by atoms with Crippen molar-refractivity contribution in [2.24, 2.45) is 35.5 Å². The molecule has 0 aromatic carbocycles. The standard InChI is InChI=1S/C18H30N2/c1-3-7-19-9-15-13-5-6-14(16(15)10-19)18-12-20(8-4-2)11-17(13)18/h5-6,13-18H,3-4,7-12H2,1-2H3. The van der Waals surface area contributed by atoms with Crippen LogP contribution >= 0.6 is 0 Å². The third kappa shape index (κ3) is 1.91. The summed E-state index contributed by atoms with van der Waals surface area (Å²) in [6.45, 7) is 12.9. The van der Waals surface area contributed by atoms with E-state index in [-0.39, 0.29) is 0 Å². The number of allylic oxidation sites excluding steroid dienone is 2. The second-order valence-electron chi connectivity index (χ2n) is 7.71. The monoisotopic (exact) mass is 274 g/mol. The first-order valence-electron chi connectivity index (χ1n) is 8.94.